The van der Waals surface area contributed by atoms with Crippen molar-refractivity contribution in [3.05, 3.63) is 12.8 Å². The second-order valence-electron chi connectivity index (χ2n) is 2.32. The van der Waals surface area contributed by atoms with Gasteiger partial charge in [0, 0.05) is 0 Å². The van der Waals surface area contributed by atoms with Crippen molar-refractivity contribution >= 4 is 8.32 Å². The molecule has 0 aliphatic carbocycles. The zero-order valence-electron chi connectivity index (χ0n) is 7.91. The third-order valence-electron chi connectivity index (χ3n) is 0.357. The van der Waals surface area contributed by atoms with E-state index in [0.29, 0.717) is 0 Å². The molecule has 0 saturated carbocycles. The zero-order chi connectivity index (χ0) is 8.36. The molecular weight excluding hydrogens is 104 g/mol. The fraction of sp³-hybridized carbons (Fsp3) is 0.600. The quantitative estimate of drug-likeness (QED) is 0.399. The average Bonchev–Trinajstić information content (AvgIpc) is 1.60. The number of hydrogen-bond donors (Lipinski definition) is 0. The maximum atomic E-state index is 7.00. The van der Waals surface area contributed by atoms with Gasteiger partial charge >= 0.3 is 0 Å². The van der Waals surface area contributed by atoms with Crippen molar-refractivity contribution in [2.45, 2.75) is 19.6 Å². The van der Waals surface area contributed by atoms with Gasteiger partial charge in [-0.1, -0.05) is 6.53 Å². The van der Waals surface area contributed by atoms with Crippen molar-refractivity contribution < 1.29 is 8.54 Å². The second kappa shape index (κ2) is 2.16. The van der Waals surface area contributed by atoms with Gasteiger partial charge in [-0.2, -0.15) is 0 Å². The maximum Gasteiger partial charge on any atom is 0.241 e. The van der Waals surface area contributed by atoms with Crippen molar-refractivity contribution in [1.82, 2.24) is 0 Å². The first-order chi connectivity index (χ1) is 4.33. The Bertz CT molecular complexity index is 145. The van der Waals surface area contributed by atoms with Gasteiger partial charge < -0.3 is 4.43 Å². The van der Waals surface area contributed by atoms with E-state index < -0.39 is 14.8 Å². The largest absolute Gasteiger partial charge is 0.550 e. The molecule has 0 saturated heterocycles. The van der Waals surface area contributed by atoms with E-state index in [2.05, 4.69) is 0 Å². The van der Waals surface area contributed by atoms with Gasteiger partial charge in [-0.05, 0) is 19.6 Å². The minimum absolute atomic E-state index is 0.320. The first-order valence-electron chi connectivity index (χ1n) is 3.66. The van der Waals surface area contributed by atoms with Crippen molar-refractivity contribution in [2.24, 2.45) is 0 Å². The van der Waals surface area contributed by atoms with Crippen LogP contribution in [0.3, 0.4) is 0 Å². The summed E-state index contributed by atoms with van der Waals surface area (Å²) in [6, 6.07) is 0. The highest BCUT2D eigenvalue weighted by Crippen LogP contribution is 2.00. The Kier molecular flexibility index (Phi) is 0.903. The molecule has 0 aromatic heterocycles. The van der Waals surface area contributed by atoms with Crippen LogP contribution in [0.5, 0.6) is 0 Å². The summed E-state index contributed by atoms with van der Waals surface area (Å²) < 4.78 is 25.4. The fourth-order valence-corrected chi connectivity index (χ4v) is 0.459. The van der Waals surface area contributed by atoms with Gasteiger partial charge in [-0.3, -0.25) is 0 Å². The molecule has 0 amide bonds. The highest BCUT2D eigenvalue weighted by molar-refractivity contribution is 6.69. The molecule has 0 N–H and O–H groups in total. The molecule has 0 rings (SSSR count). The molecule has 1 nitrogen and oxygen atoms in total. The van der Waals surface area contributed by atoms with E-state index in [0.717, 1.165) is 0 Å². The van der Waals surface area contributed by atoms with Crippen LogP contribution in [0.25, 0.3) is 0 Å². The summed E-state index contributed by atoms with van der Waals surface area (Å²) in [5, 5.41) is 0. The Hall–Kier alpha value is -0.243. The van der Waals surface area contributed by atoms with E-state index in [4.69, 9.17) is 8.54 Å². The van der Waals surface area contributed by atoms with Gasteiger partial charge in [-0.15, -0.1) is 0 Å². The lowest BCUT2D eigenvalue weighted by Gasteiger charge is -2.13. The molecule has 0 bridgehead atoms. The van der Waals surface area contributed by atoms with Crippen LogP contribution in [-0.4, -0.2) is 8.32 Å². The molecule has 0 aromatic carbocycles. The zero-order valence-corrected chi connectivity index (χ0v) is 5.91. The van der Waals surface area contributed by atoms with Gasteiger partial charge in [-0.25, -0.2) is 0 Å². The molecule has 0 unspecified atom stereocenters. The van der Waals surface area contributed by atoms with Crippen LogP contribution in [0.2, 0.25) is 19.6 Å². The van der Waals surface area contributed by atoms with Crippen molar-refractivity contribution in [3.63, 3.8) is 0 Å². The predicted molar refractivity (Wildman–Crippen MR) is 34.6 cm³/mol. The highest BCUT2D eigenvalue weighted by atomic mass is 28.4. The number of rotatable bonds is 2. The lowest BCUT2D eigenvalue weighted by atomic mass is 11.2. The Balaban J connectivity index is 4.06. The summed E-state index contributed by atoms with van der Waals surface area (Å²) in [6.07, 6.45) is -0.320. The molecule has 0 fully saturated rings. The Morgan fingerprint density at radius 1 is 1.86 bits per heavy atom. The molecule has 0 spiro atoms. The van der Waals surface area contributed by atoms with Crippen LogP contribution >= 0.6 is 0 Å². The molecule has 0 atom stereocenters. The van der Waals surface area contributed by atoms with Crippen molar-refractivity contribution in [2.75, 3.05) is 0 Å². The van der Waals surface area contributed by atoms with E-state index in [1.165, 1.54) is 0 Å². The van der Waals surface area contributed by atoms with E-state index in [-0.39, 0.29) is 6.24 Å². The predicted octanol–water partition coefficient (Wildman–Crippen LogP) is 1.98. The minimum Gasteiger partial charge on any atom is -0.550 e. The third-order valence-corrected chi connectivity index (χ3v) is 1.07. The lowest BCUT2D eigenvalue weighted by Crippen LogP contribution is -2.21. The van der Waals surface area contributed by atoms with Crippen LogP contribution in [0.4, 0.5) is 0 Å². The topological polar surface area (TPSA) is 9.23 Å². The fourth-order valence-electron chi connectivity index (χ4n) is 0.153. The molecule has 2 heteroatoms. The second-order valence-corrected chi connectivity index (χ2v) is 6.75. The summed E-state index contributed by atoms with van der Waals surface area (Å²) >= 11 is 0. The maximum absolute atomic E-state index is 7.00. The molecule has 0 aliphatic rings. The first-order valence-corrected chi connectivity index (χ1v) is 5.57. The van der Waals surface area contributed by atoms with Crippen molar-refractivity contribution in [1.29, 1.82) is 0 Å². The molecule has 0 aliphatic heterocycles. The standard InChI is InChI=1S/C5H12OSi/c1-5-6-7(2,3)4/h5H,1H2,2-4H3/i1D2,5D. The monoisotopic (exact) mass is 119 g/mol. The lowest BCUT2D eigenvalue weighted by molar-refractivity contribution is 0.482. The normalized spacial score (nSPS) is 16.1. The van der Waals surface area contributed by atoms with Gasteiger partial charge in [0.25, 0.3) is 0 Å². The molecule has 42 valence electrons. The molecule has 0 aromatic rings. The van der Waals surface area contributed by atoms with Gasteiger partial charge in [0.05, 0.1) is 8.98 Å². The van der Waals surface area contributed by atoms with E-state index in [1.54, 1.807) is 0 Å². The Labute approximate surface area is 50.3 Å². The smallest absolute Gasteiger partial charge is 0.241 e. The van der Waals surface area contributed by atoms with Crippen LogP contribution in [-0.2, 0) is 4.43 Å². The Morgan fingerprint density at radius 2 is 2.43 bits per heavy atom. The summed E-state index contributed by atoms with van der Waals surface area (Å²) in [5.41, 5.74) is 0. The number of hydrogen-bond acceptors (Lipinski definition) is 1. The summed E-state index contributed by atoms with van der Waals surface area (Å²) in [6.45, 7) is 5.17. The minimum atomic E-state index is -1.77. The van der Waals surface area contributed by atoms with Crippen LogP contribution in [0.1, 0.15) is 4.11 Å². The SMILES string of the molecule is [2H]C([2H])=C([2H])O[Si](C)(C)C. The Morgan fingerprint density at radius 3 is 2.57 bits per heavy atom. The average molecular weight is 119 g/mol. The van der Waals surface area contributed by atoms with E-state index >= 15 is 0 Å². The van der Waals surface area contributed by atoms with Gasteiger partial charge in [0.15, 0.2) is 0 Å². The van der Waals surface area contributed by atoms with Gasteiger partial charge in [0.1, 0.15) is 1.37 Å². The molecule has 0 radical (unpaired) electrons. The summed E-state index contributed by atoms with van der Waals surface area (Å²) in [5.74, 6) is 0. The van der Waals surface area contributed by atoms with Crippen LogP contribution in [0, 0.1) is 0 Å². The van der Waals surface area contributed by atoms with Gasteiger partial charge in [0.2, 0.25) is 8.32 Å². The third kappa shape index (κ3) is 5.76. The van der Waals surface area contributed by atoms with E-state index in [9.17, 15) is 0 Å². The summed E-state index contributed by atoms with van der Waals surface area (Å²) in [7, 11) is -1.77. The molecule has 7 heavy (non-hydrogen) atoms. The summed E-state index contributed by atoms with van der Waals surface area (Å²) in [4.78, 5) is 0. The van der Waals surface area contributed by atoms with Crippen LogP contribution in [0.15, 0.2) is 12.8 Å². The van der Waals surface area contributed by atoms with Crippen LogP contribution < -0.4 is 0 Å². The molecule has 0 heterocycles. The van der Waals surface area contributed by atoms with Crippen molar-refractivity contribution in [3.8, 4) is 0 Å². The van der Waals surface area contributed by atoms with E-state index in [1.807, 2.05) is 19.6 Å². The first kappa shape index (κ1) is 2.92. The highest BCUT2D eigenvalue weighted by Gasteiger charge is 2.11. The molecular formula is C5H12OSi.